The van der Waals surface area contributed by atoms with Gasteiger partial charge in [0.1, 0.15) is 11.8 Å². The first-order valence-electron chi connectivity index (χ1n) is 7.32. The number of hydrazine groups is 1. The lowest BCUT2D eigenvalue weighted by Crippen LogP contribution is -2.48. The van der Waals surface area contributed by atoms with Crippen molar-refractivity contribution in [1.82, 2.24) is 21.1 Å². The highest BCUT2D eigenvalue weighted by Gasteiger charge is 2.44. The van der Waals surface area contributed by atoms with Gasteiger partial charge in [-0.3, -0.25) is 4.79 Å². The molecule has 1 amide bonds. The summed E-state index contributed by atoms with van der Waals surface area (Å²) in [7, 11) is 3.98. The molecule has 3 rings (SSSR count). The summed E-state index contributed by atoms with van der Waals surface area (Å²) in [6.07, 6.45) is 0. The molecule has 1 aromatic carbocycles. The van der Waals surface area contributed by atoms with Crippen LogP contribution in [0.4, 0.5) is 0 Å². The number of para-hydroxylation sites is 1. The van der Waals surface area contributed by atoms with E-state index in [1.54, 1.807) is 0 Å². The Labute approximate surface area is 124 Å². The highest BCUT2D eigenvalue weighted by Crippen LogP contribution is 2.38. The van der Waals surface area contributed by atoms with Crippen LogP contribution in [0.2, 0.25) is 0 Å². The molecule has 0 saturated carbocycles. The summed E-state index contributed by atoms with van der Waals surface area (Å²) in [4.78, 5) is 14.4. The Morgan fingerprint density at radius 2 is 2.19 bits per heavy atom. The first kappa shape index (κ1) is 14.3. The fourth-order valence-corrected chi connectivity index (χ4v) is 2.91. The number of carbonyl (C=O) groups excluding carboxylic acids is 1. The van der Waals surface area contributed by atoms with Crippen molar-refractivity contribution in [3.8, 4) is 5.75 Å². The molecule has 1 aromatic rings. The Morgan fingerprint density at radius 1 is 1.38 bits per heavy atom. The Balaban J connectivity index is 1.65. The van der Waals surface area contributed by atoms with E-state index in [1.807, 2.05) is 43.3 Å². The van der Waals surface area contributed by atoms with Gasteiger partial charge < -0.3 is 15.0 Å². The van der Waals surface area contributed by atoms with E-state index >= 15 is 0 Å². The monoisotopic (exact) mass is 290 g/mol. The Kier molecular flexibility index (Phi) is 4.10. The number of rotatable bonds is 4. The topological polar surface area (TPSA) is 65.6 Å². The summed E-state index contributed by atoms with van der Waals surface area (Å²) >= 11 is 0. The van der Waals surface area contributed by atoms with E-state index in [9.17, 15) is 4.79 Å². The van der Waals surface area contributed by atoms with Gasteiger partial charge in [0.05, 0.1) is 12.6 Å². The molecule has 2 aliphatic heterocycles. The number of amides is 1. The lowest BCUT2D eigenvalue weighted by Gasteiger charge is -2.29. The van der Waals surface area contributed by atoms with Gasteiger partial charge in [-0.25, -0.2) is 10.9 Å². The molecule has 0 aromatic heterocycles. The minimum atomic E-state index is -0.259. The number of benzene rings is 1. The first-order valence-corrected chi connectivity index (χ1v) is 7.32. The van der Waals surface area contributed by atoms with E-state index in [0.29, 0.717) is 13.2 Å². The van der Waals surface area contributed by atoms with Crippen molar-refractivity contribution in [1.29, 1.82) is 0 Å². The van der Waals surface area contributed by atoms with Crippen molar-refractivity contribution >= 4 is 5.91 Å². The van der Waals surface area contributed by atoms with Crippen LogP contribution in [-0.2, 0) is 4.79 Å². The zero-order chi connectivity index (χ0) is 14.8. The molecule has 0 spiro atoms. The summed E-state index contributed by atoms with van der Waals surface area (Å²) in [6.45, 7) is 2.03. The zero-order valence-electron chi connectivity index (χ0n) is 12.4. The van der Waals surface area contributed by atoms with Crippen LogP contribution >= 0.6 is 0 Å². The molecule has 21 heavy (non-hydrogen) atoms. The van der Waals surface area contributed by atoms with Crippen LogP contribution in [0, 0.1) is 5.92 Å². The minimum Gasteiger partial charge on any atom is -0.493 e. The van der Waals surface area contributed by atoms with Crippen LogP contribution in [0.15, 0.2) is 24.3 Å². The van der Waals surface area contributed by atoms with Crippen LogP contribution in [0.1, 0.15) is 11.6 Å². The molecule has 1 saturated heterocycles. The summed E-state index contributed by atoms with van der Waals surface area (Å²) in [5, 5.41) is 2.97. The summed E-state index contributed by atoms with van der Waals surface area (Å²) in [5.41, 5.74) is 7.48. The molecule has 2 aliphatic rings. The van der Waals surface area contributed by atoms with Crippen molar-refractivity contribution in [2.45, 2.75) is 12.1 Å². The Bertz CT molecular complexity index is 520. The number of ether oxygens (including phenoxy) is 1. The average Bonchev–Trinajstić information content (AvgIpc) is 2.91. The van der Waals surface area contributed by atoms with Crippen molar-refractivity contribution in [2.75, 3.05) is 33.8 Å². The van der Waals surface area contributed by atoms with Gasteiger partial charge in [0.2, 0.25) is 5.91 Å². The van der Waals surface area contributed by atoms with E-state index < -0.39 is 0 Å². The van der Waals surface area contributed by atoms with E-state index in [-0.39, 0.29) is 23.9 Å². The first-order chi connectivity index (χ1) is 10.2. The molecule has 3 N–H and O–H groups in total. The maximum Gasteiger partial charge on any atom is 0.239 e. The molecule has 2 heterocycles. The quantitative estimate of drug-likeness (QED) is 0.722. The fraction of sp³-hybridized carbons (Fsp3) is 0.533. The smallest absolute Gasteiger partial charge is 0.239 e. The van der Waals surface area contributed by atoms with Gasteiger partial charge in [0, 0.05) is 24.6 Å². The molecule has 1 fully saturated rings. The van der Waals surface area contributed by atoms with Gasteiger partial charge in [-0.1, -0.05) is 18.2 Å². The van der Waals surface area contributed by atoms with E-state index in [0.717, 1.165) is 17.9 Å². The number of hydrogen-bond acceptors (Lipinski definition) is 5. The number of carbonyl (C=O) groups is 1. The molecule has 0 bridgehead atoms. The average molecular weight is 290 g/mol. The maximum atomic E-state index is 12.3. The second kappa shape index (κ2) is 6.01. The van der Waals surface area contributed by atoms with Gasteiger partial charge in [0.25, 0.3) is 0 Å². The molecule has 3 unspecified atom stereocenters. The fourth-order valence-electron chi connectivity index (χ4n) is 2.91. The summed E-state index contributed by atoms with van der Waals surface area (Å²) < 4.78 is 5.79. The van der Waals surface area contributed by atoms with Crippen molar-refractivity contribution in [3.63, 3.8) is 0 Å². The Hall–Kier alpha value is -1.63. The number of nitrogens with one attached hydrogen (secondary N) is 3. The highest BCUT2D eigenvalue weighted by molar-refractivity contribution is 5.82. The molecule has 6 heteroatoms. The van der Waals surface area contributed by atoms with Gasteiger partial charge in [-0.15, -0.1) is 0 Å². The van der Waals surface area contributed by atoms with Gasteiger partial charge in [0.15, 0.2) is 0 Å². The third-order valence-electron chi connectivity index (χ3n) is 4.08. The molecular weight excluding hydrogens is 268 g/mol. The van der Waals surface area contributed by atoms with Gasteiger partial charge in [-0.05, 0) is 20.2 Å². The third-order valence-corrected chi connectivity index (χ3v) is 4.08. The molecule has 114 valence electrons. The SMILES string of the molecule is CN(C)CCNC(=O)C1NNC2c3ccccc3OCC12. The third kappa shape index (κ3) is 2.88. The number of nitrogens with zero attached hydrogens (tertiary/aromatic N) is 1. The standard InChI is InChI=1S/C15H22N4O2/c1-19(2)8-7-16-15(20)14-11-9-21-12-6-4-3-5-10(12)13(11)17-18-14/h3-6,11,13-14,17-18H,7-9H2,1-2H3,(H,16,20). The molecule has 3 atom stereocenters. The highest BCUT2D eigenvalue weighted by atomic mass is 16.5. The molecule has 6 nitrogen and oxygen atoms in total. The molecular formula is C15H22N4O2. The van der Waals surface area contributed by atoms with Crippen LogP contribution in [0.5, 0.6) is 5.75 Å². The van der Waals surface area contributed by atoms with Crippen LogP contribution in [0.25, 0.3) is 0 Å². The number of likely N-dealkylation sites (N-methyl/N-ethyl adjacent to an activating group) is 1. The van der Waals surface area contributed by atoms with Gasteiger partial charge >= 0.3 is 0 Å². The second-order valence-corrected chi connectivity index (χ2v) is 5.85. The second-order valence-electron chi connectivity index (χ2n) is 5.85. The molecule has 0 radical (unpaired) electrons. The van der Waals surface area contributed by atoms with E-state index in [2.05, 4.69) is 16.2 Å². The maximum absolute atomic E-state index is 12.3. The normalized spacial score (nSPS) is 26.9. The van der Waals surface area contributed by atoms with Gasteiger partial charge in [-0.2, -0.15) is 0 Å². The van der Waals surface area contributed by atoms with Crippen molar-refractivity contribution in [3.05, 3.63) is 29.8 Å². The minimum absolute atomic E-state index is 0.0276. The molecule has 0 aliphatic carbocycles. The summed E-state index contributed by atoms with van der Waals surface area (Å²) in [6, 6.07) is 7.85. The predicted molar refractivity (Wildman–Crippen MR) is 79.8 cm³/mol. The lowest BCUT2D eigenvalue weighted by atomic mass is 9.87. The van der Waals surface area contributed by atoms with E-state index in [1.165, 1.54) is 0 Å². The van der Waals surface area contributed by atoms with Crippen LogP contribution in [-0.4, -0.2) is 50.6 Å². The summed E-state index contributed by atoms with van der Waals surface area (Å²) in [5.74, 6) is 1.04. The largest absolute Gasteiger partial charge is 0.493 e. The Morgan fingerprint density at radius 3 is 3.00 bits per heavy atom. The zero-order valence-corrected chi connectivity index (χ0v) is 12.4. The number of fused-ring (bicyclic) bond motifs is 3. The van der Waals surface area contributed by atoms with Crippen molar-refractivity contribution < 1.29 is 9.53 Å². The van der Waals surface area contributed by atoms with E-state index in [4.69, 9.17) is 4.74 Å². The predicted octanol–water partition coefficient (Wildman–Crippen LogP) is -0.109. The van der Waals surface area contributed by atoms with Crippen LogP contribution in [0.3, 0.4) is 0 Å². The lowest BCUT2D eigenvalue weighted by molar-refractivity contribution is -0.124. The van der Waals surface area contributed by atoms with Crippen molar-refractivity contribution in [2.24, 2.45) is 5.92 Å². The number of hydrogen-bond donors (Lipinski definition) is 3. The van der Waals surface area contributed by atoms with Crippen LogP contribution < -0.4 is 20.9 Å².